The minimum atomic E-state index is -4.52. The summed E-state index contributed by atoms with van der Waals surface area (Å²) >= 11 is 0. The molecule has 1 N–H and O–H groups in total. The fraction of sp³-hybridized carbons (Fsp3) is 0.176. The molecule has 6 nitrogen and oxygen atoms in total. The van der Waals surface area contributed by atoms with Crippen LogP contribution in [-0.4, -0.2) is 25.6 Å². The zero-order chi connectivity index (χ0) is 19.3. The van der Waals surface area contributed by atoms with Crippen LogP contribution in [0.25, 0.3) is 0 Å². The summed E-state index contributed by atoms with van der Waals surface area (Å²) in [6.45, 7) is -0.517. The molecule has 2 rings (SSSR count). The van der Waals surface area contributed by atoms with Crippen molar-refractivity contribution in [3.8, 4) is 11.5 Å². The minimum absolute atomic E-state index is 0.0345. The highest BCUT2D eigenvalue weighted by atomic mass is 19.4. The van der Waals surface area contributed by atoms with Crippen LogP contribution >= 0.6 is 0 Å². The Morgan fingerprint density at radius 1 is 1.12 bits per heavy atom. The van der Waals surface area contributed by atoms with Crippen LogP contribution < -0.4 is 19.9 Å². The highest BCUT2D eigenvalue weighted by Crippen LogP contribution is 2.31. The molecule has 0 aliphatic rings. The van der Waals surface area contributed by atoms with Gasteiger partial charge in [-0.25, -0.2) is 0 Å². The molecule has 0 radical (unpaired) electrons. The van der Waals surface area contributed by atoms with E-state index < -0.39 is 30.2 Å². The smallest absolute Gasteiger partial charge is 0.416 e. The maximum absolute atomic E-state index is 12.7. The first-order chi connectivity index (χ1) is 12.2. The lowest BCUT2D eigenvalue weighted by Crippen LogP contribution is -2.22. The lowest BCUT2D eigenvalue weighted by atomic mass is 10.2. The fourth-order valence-corrected chi connectivity index (χ4v) is 2.03. The van der Waals surface area contributed by atoms with Crippen LogP contribution in [-0.2, 0) is 11.0 Å². The van der Waals surface area contributed by atoms with Crippen LogP contribution in [0.4, 0.5) is 18.9 Å². The molecule has 0 aliphatic carbocycles. The number of rotatable bonds is 6. The van der Waals surface area contributed by atoms with Gasteiger partial charge < -0.3 is 24.7 Å². The van der Waals surface area contributed by atoms with Gasteiger partial charge in [0.25, 0.3) is 5.91 Å². The summed E-state index contributed by atoms with van der Waals surface area (Å²) in [5.74, 6) is -1.94. The highest BCUT2D eigenvalue weighted by Gasteiger charge is 2.30. The normalized spacial score (nSPS) is 10.9. The Labute approximate surface area is 146 Å². The van der Waals surface area contributed by atoms with Gasteiger partial charge in [0.1, 0.15) is 0 Å². The van der Waals surface area contributed by atoms with Crippen molar-refractivity contribution in [2.75, 3.05) is 19.0 Å². The largest absolute Gasteiger partial charge is 0.545 e. The average Bonchev–Trinajstić information content (AvgIpc) is 2.59. The van der Waals surface area contributed by atoms with E-state index in [0.29, 0.717) is 0 Å². The number of carbonyl (C=O) groups excluding carboxylic acids is 2. The molecule has 0 unspecified atom stereocenters. The molecule has 9 heteroatoms. The first-order valence-electron chi connectivity index (χ1n) is 7.20. The zero-order valence-corrected chi connectivity index (χ0v) is 13.4. The van der Waals surface area contributed by atoms with E-state index >= 15 is 0 Å². The molecule has 26 heavy (non-hydrogen) atoms. The molecule has 0 aromatic heterocycles. The van der Waals surface area contributed by atoms with E-state index in [1.165, 1.54) is 31.4 Å². The number of halogens is 3. The van der Waals surface area contributed by atoms with Gasteiger partial charge >= 0.3 is 6.18 Å². The monoisotopic (exact) mass is 368 g/mol. The Morgan fingerprint density at radius 3 is 2.46 bits per heavy atom. The van der Waals surface area contributed by atoms with Gasteiger partial charge in [0.2, 0.25) is 0 Å². The topological polar surface area (TPSA) is 87.7 Å². The lowest BCUT2D eigenvalue weighted by molar-refractivity contribution is -0.255. The molecule has 1 amide bonds. The highest BCUT2D eigenvalue weighted by molar-refractivity contribution is 5.92. The molecule has 0 atom stereocenters. The standard InChI is InChI=1S/C17H14F3NO5/c1-25-14-7-10(16(23)24)5-6-13(14)26-9-15(22)21-12-4-2-3-11(8-12)17(18,19)20/h2-8H,9H2,1H3,(H,21,22)(H,23,24)/p-1. The second kappa shape index (κ2) is 7.77. The van der Waals surface area contributed by atoms with Gasteiger partial charge in [-0.2, -0.15) is 13.2 Å². The minimum Gasteiger partial charge on any atom is -0.545 e. The molecule has 0 spiro atoms. The third-order valence-electron chi connectivity index (χ3n) is 3.23. The van der Waals surface area contributed by atoms with E-state index in [1.807, 2.05) is 0 Å². The molecule has 0 fully saturated rings. The van der Waals surface area contributed by atoms with Gasteiger partial charge in [0, 0.05) is 11.3 Å². The molecule has 138 valence electrons. The van der Waals surface area contributed by atoms with Crippen LogP contribution in [0.1, 0.15) is 15.9 Å². The molecular weight excluding hydrogens is 355 g/mol. The maximum atomic E-state index is 12.7. The van der Waals surface area contributed by atoms with Crippen molar-refractivity contribution in [2.24, 2.45) is 0 Å². The van der Waals surface area contributed by atoms with Crippen molar-refractivity contribution in [3.05, 3.63) is 53.6 Å². The Balaban J connectivity index is 2.02. The molecule has 0 saturated carbocycles. The number of carboxylic acid groups (broad SMARTS) is 1. The number of hydrogen-bond acceptors (Lipinski definition) is 5. The van der Waals surface area contributed by atoms with Gasteiger partial charge in [-0.1, -0.05) is 6.07 Å². The lowest BCUT2D eigenvalue weighted by Gasteiger charge is -2.13. The Bertz CT molecular complexity index is 820. The van der Waals surface area contributed by atoms with Gasteiger partial charge in [0.05, 0.1) is 18.6 Å². The number of aromatic carboxylic acids is 1. The van der Waals surface area contributed by atoms with Crippen molar-refractivity contribution >= 4 is 17.6 Å². The summed E-state index contributed by atoms with van der Waals surface area (Å²) in [7, 11) is 1.28. The Hall–Kier alpha value is -3.23. The van der Waals surface area contributed by atoms with E-state index in [4.69, 9.17) is 9.47 Å². The quantitative estimate of drug-likeness (QED) is 0.844. The van der Waals surface area contributed by atoms with Gasteiger partial charge in [0.15, 0.2) is 18.1 Å². The van der Waals surface area contributed by atoms with Crippen LogP contribution in [0.2, 0.25) is 0 Å². The van der Waals surface area contributed by atoms with Gasteiger partial charge in [-0.15, -0.1) is 0 Å². The van der Waals surface area contributed by atoms with Crippen LogP contribution in [0.15, 0.2) is 42.5 Å². The Morgan fingerprint density at radius 2 is 1.85 bits per heavy atom. The number of alkyl halides is 3. The van der Waals surface area contributed by atoms with E-state index in [2.05, 4.69) is 5.32 Å². The second-order valence-electron chi connectivity index (χ2n) is 5.07. The van der Waals surface area contributed by atoms with Crippen molar-refractivity contribution in [1.29, 1.82) is 0 Å². The predicted octanol–water partition coefficient (Wildman–Crippen LogP) is 2.09. The van der Waals surface area contributed by atoms with Crippen LogP contribution in [0.3, 0.4) is 0 Å². The van der Waals surface area contributed by atoms with Crippen LogP contribution in [0.5, 0.6) is 11.5 Å². The SMILES string of the molecule is COc1cc(C(=O)[O-])ccc1OCC(=O)Nc1cccc(C(F)(F)F)c1. The second-order valence-corrected chi connectivity index (χ2v) is 5.07. The van der Waals surface area contributed by atoms with E-state index in [9.17, 15) is 27.9 Å². The molecule has 0 bridgehead atoms. The molecule has 0 aliphatic heterocycles. The summed E-state index contributed by atoms with van der Waals surface area (Å²) in [5, 5.41) is 13.1. The van der Waals surface area contributed by atoms with Crippen molar-refractivity contribution in [3.63, 3.8) is 0 Å². The third-order valence-corrected chi connectivity index (χ3v) is 3.23. The molecule has 0 heterocycles. The van der Waals surface area contributed by atoms with E-state index in [0.717, 1.165) is 18.2 Å². The summed E-state index contributed by atoms with van der Waals surface area (Å²) in [6, 6.07) is 7.81. The number of nitrogens with one attached hydrogen (secondary N) is 1. The third kappa shape index (κ3) is 4.88. The van der Waals surface area contributed by atoms with Crippen molar-refractivity contribution in [2.45, 2.75) is 6.18 Å². The van der Waals surface area contributed by atoms with Gasteiger partial charge in [-0.3, -0.25) is 4.79 Å². The molecule has 2 aromatic rings. The maximum Gasteiger partial charge on any atom is 0.416 e. The van der Waals surface area contributed by atoms with E-state index in [1.54, 1.807) is 0 Å². The van der Waals surface area contributed by atoms with Crippen LogP contribution in [0, 0.1) is 0 Å². The average molecular weight is 368 g/mol. The number of methoxy groups -OCH3 is 1. The predicted molar refractivity (Wildman–Crippen MR) is 82.9 cm³/mol. The summed E-state index contributed by atoms with van der Waals surface area (Å²) in [6.07, 6.45) is -4.52. The number of hydrogen-bond donors (Lipinski definition) is 1. The Kier molecular flexibility index (Phi) is 5.71. The number of ether oxygens (including phenoxy) is 2. The first kappa shape index (κ1) is 19.1. The number of benzene rings is 2. The number of anilines is 1. The fourth-order valence-electron chi connectivity index (χ4n) is 2.03. The summed E-state index contributed by atoms with van der Waals surface area (Å²) in [5.41, 5.74) is -1.06. The number of carbonyl (C=O) groups is 2. The summed E-state index contributed by atoms with van der Waals surface area (Å²) in [4.78, 5) is 22.7. The number of amides is 1. The summed E-state index contributed by atoms with van der Waals surface area (Å²) < 4.78 is 48.1. The van der Waals surface area contributed by atoms with E-state index in [-0.39, 0.29) is 22.7 Å². The number of carboxylic acids is 1. The molecular formula is C17H13F3NO5-. The van der Waals surface area contributed by atoms with Crippen molar-refractivity contribution < 1.29 is 37.3 Å². The van der Waals surface area contributed by atoms with Crippen molar-refractivity contribution in [1.82, 2.24) is 0 Å². The molecule has 0 saturated heterocycles. The zero-order valence-electron chi connectivity index (χ0n) is 13.4. The van der Waals surface area contributed by atoms with Gasteiger partial charge in [-0.05, 0) is 36.4 Å². The molecule has 2 aromatic carbocycles. The first-order valence-corrected chi connectivity index (χ1v) is 7.20.